The van der Waals surface area contributed by atoms with Gasteiger partial charge in [0.25, 0.3) is 0 Å². The van der Waals surface area contributed by atoms with Crippen LogP contribution < -0.4 is 11.1 Å². The summed E-state index contributed by atoms with van der Waals surface area (Å²) in [7, 11) is 0. The van der Waals surface area contributed by atoms with Crippen molar-refractivity contribution in [2.75, 3.05) is 6.61 Å². The van der Waals surface area contributed by atoms with Crippen LogP contribution in [-0.4, -0.2) is 30.7 Å². The molecule has 1 amide bonds. The molecule has 17 heavy (non-hydrogen) atoms. The summed E-state index contributed by atoms with van der Waals surface area (Å²) < 4.78 is 5.45. The van der Waals surface area contributed by atoms with E-state index in [4.69, 9.17) is 10.5 Å². The summed E-state index contributed by atoms with van der Waals surface area (Å²) in [5, 5.41) is 3.01. The minimum absolute atomic E-state index is 0.0230. The fourth-order valence-electron chi connectivity index (χ4n) is 1.85. The lowest BCUT2D eigenvalue weighted by molar-refractivity contribution is -0.124. The molecule has 4 nitrogen and oxygen atoms in total. The van der Waals surface area contributed by atoms with E-state index in [1.807, 2.05) is 6.92 Å². The van der Waals surface area contributed by atoms with Crippen LogP contribution in [-0.2, 0) is 9.53 Å². The second kappa shape index (κ2) is 5.83. The quantitative estimate of drug-likeness (QED) is 0.766. The smallest absolute Gasteiger partial charge is 0.221 e. The third kappa shape index (κ3) is 4.64. The van der Waals surface area contributed by atoms with Crippen molar-refractivity contribution in [1.29, 1.82) is 0 Å². The van der Waals surface area contributed by atoms with Crippen molar-refractivity contribution >= 4 is 5.91 Å². The first-order chi connectivity index (χ1) is 7.82. The van der Waals surface area contributed by atoms with E-state index in [9.17, 15) is 4.79 Å². The zero-order chi connectivity index (χ0) is 13.1. The zero-order valence-corrected chi connectivity index (χ0v) is 11.5. The average molecular weight is 242 g/mol. The van der Waals surface area contributed by atoms with Crippen LogP contribution in [0, 0.1) is 5.41 Å². The molecule has 1 rings (SSSR count). The van der Waals surface area contributed by atoms with Gasteiger partial charge in [0.15, 0.2) is 0 Å². The van der Waals surface area contributed by atoms with E-state index < -0.39 is 0 Å². The summed E-state index contributed by atoms with van der Waals surface area (Å²) in [6.07, 6.45) is 2.61. The highest BCUT2D eigenvalue weighted by atomic mass is 16.5. The van der Waals surface area contributed by atoms with E-state index >= 15 is 0 Å². The highest BCUT2D eigenvalue weighted by molar-refractivity contribution is 5.77. The molecule has 4 heteroatoms. The highest BCUT2D eigenvalue weighted by Gasteiger charge is 2.31. The maximum absolute atomic E-state index is 11.7. The van der Waals surface area contributed by atoms with Crippen molar-refractivity contribution in [3.63, 3.8) is 0 Å². The molecular weight excluding hydrogens is 216 g/mol. The second-order valence-corrected chi connectivity index (χ2v) is 5.99. The first kappa shape index (κ1) is 14.5. The molecule has 0 saturated heterocycles. The Morgan fingerprint density at radius 3 is 2.53 bits per heavy atom. The van der Waals surface area contributed by atoms with Crippen LogP contribution in [0.3, 0.4) is 0 Å². The Kier molecular flexibility index (Phi) is 4.95. The van der Waals surface area contributed by atoms with Gasteiger partial charge in [0.2, 0.25) is 5.91 Å². The lowest BCUT2D eigenvalue weighted by atomic mass is 9.84. The average Bonchev–Trinajstić information content (AvgIpc) is 2.13. The Morgan fingerprint density at radius 1 is 1.47 bits per heavy atom. The molecule has 0 heterocycles. The van der Waals surface area contributed by atoms with Gasteiger partial charge in [0.05, 0.1) is 6.10 Å². The lowest BCUT2D eigenvalue weighted by Gasteiger charge is -2.36. The van der Waals surface area contributed by atoms with Gasteiger partial charge >= 0.3 is 0 Å². The molecule has 1 aliphatic rings. The van der Waals surface area contributed by atoms with Gasteiger partial charge in [-0.3, -0.25) is 4.79 Å². The van der Waals surface area contributed by atoms with Crippen molar-refractivity contribution in [2.45, 2.75) is 65.1 Å². The largest absolute Gasteiger partial charge is 0.378 e. The van der Waals surface area contributed by atoms with E-state index in [-0.39, 0.29) is 23.4 Å². The van der Waals surface area contributed by atoms with Gasteiger partial charge in [-0.25, -0.2) is 0 Å². The number of carbonyl (C=O) groups excluding carboxylic acids is 1. The van der Waals surface area contributed by atoms with Gasteiger partial charge < -0.3 is 15.8 Å². The van der Waals surface area contributed by atoms with Gasteiger partial charge in [0, 0.05) is 25.1 Å². The third-order valence-electron chi connectivity index (χ3n) is 3.38. The Hall–Kier alpha value is -0.610. The standard InChI is InChI=1S/C13H26N2O2/c1-5-17-10-6-9(7-10)15-12(16)8-11(14)13(2,3)4/h9-11H,5-8,14H2,1-4H3,(H,15,16). The Labute approximate surface area is 104 Å². The van der Waals surface area contributed by atoms with Crippen LogP contribution in [0.25, 0.3) is 0 Å². The van der Waals surface area contributed by atoms with Crippen molar-refractivity contribution in [3.05, 3.63) is 0 Å². The van der Waals surface area contributed by atoms with Gasteiger partial charge in [-0.2, -0.15) is 0 Å². The first-order valence-electron chi connectivity index (χ1n) is 6.49. The Morgan fingerprint density at radius 2 is 2.06 bits per heavy atom. The minimum Gasteiger partial charge on any atom is -0.378 e. The SMILES string of the molecule is CCOC1CC(NC(=O)CC(N)C(C)(C)C)C1. The maximum Gasteiger partial charge on any atom is 0.221 e. The van der Waals surface area contributed by atoms with E-state index in [0.29, 0.717) is 12.5 Å². The van der Waals surface area contributed by atoms with Crippen LogP contribution in [0.5, 0.6) is 0 Å². The third-order valence-corrected chi connectivity index (χ3v) is 3.38. The molecule has 0 aliphatic heterocycles. The van der Waals surface area contributed by atoms with Gasteiger partial charge in [-0.15, -0.1) is 0 Å². The van der Waals surface area contributed by atoms with Crippen LogP contribution in [0.15, 0.2) is 0 Å². The topological polar surface area (TPSA) is 64.3 Å². The van der Waals surface area contributed by atoms with Crippen molar-refractivity contribution < 1.29 is 9.53 Å². The summed E-state index contributed by atoms with van der Waals surface area (Å²) in [4.78, 5) is 11.7. The summed E-state index contributed by atoms with van der Waals surface area (Å²) >= 11 is 0. The lowest BCUT2D eigenvalue weighted by Crippen LogP contribution is -2.49. The number of hydrogen-bond acceptors (Lipinski definition) is 3. The molecule has 0 spiro atoms. The molecule has 3 N–H and O–H groups in total. The summed E-state index contributed by atoms with van der Waals surface area (Å²) in [6.45, 7) is 8.91. The number of nitrogens with two attached hydrogens (primary N) is 1. The number of amides is 1. The fourth-order valence-corrected chi connectivity index (χ4v) is 1.85. The molecule has 1 aliphatic carbocycles. The van der Waals surface area contributed by atoms with Gasteiger partial charge in [0.1, 0.15) is 0 Å². The van der Waals surface area contributed by atoms with E-state index in [2.05, 4.69) is 26.1 Å². The van der Waals surface area contributed by atoms with Gasteiger partial charge in [-0.1, -0.05) is 20.8 Å². The molecule has 1 saturated carbocycles. The molecular formula is C13H26N2O2. The number of nitrogens with one attached hydrogen (secondary N) is 1. The van der Waals surface area contributed by atoms with Crippen LogP contribution in [0.1, 0.15) is 47.0 Å². The predicted molar refractivity (Wildman–Crippen MR) is 68.6 cm³/mol. The number of hydrogen-bond donors (Lipinski definition) is 2. The van der Waals surface area contributed by atoms with Crippen molar-refractivity contribution in [3.8, 4) is 0 Å². The number of carbonyl (C=O) groups is 1. The van der Waals surface area contributed by atoms with Crippen LogP contribution >= 0.6 is 0 Å². The Bertz CT molecular complexity index is 255. The molecule has 1 unspecified atom stereocenters. The molecule has 1 fully saturated rings. The maximum atomic E-state index is 11.7. The minimum atomic E-state index is -0.0923. The van der Waals surface area contributed by atoms with Crippen molar-refractivity contribution in [2.24, 2.45) is 11.1 Å². The van der Waals surface area contributed by atoms with Crippen LogP contribution in [0.2, 0.25) is 0 Å². The number of rotatable bonds is 5. The van der Waals surface area contributed by atoms with E-state index in [1.165, 1.54) is 0 Å². The molecule has 0 aromatic heterocycles. The second-order valence-electron chi connectivity index (χ2n) is 5.99. The number of ether oxygens (including phenoxy) is 1. The summed E-state index contributed by atoms with van der Waals surface area (Å²) in [6, 6.07) is 0.191. The Balaban J connectivity index is 2.19. The molecule has 100 valence electrons. The summed E-state index contributed by atoms with van der Waals surface area (Å²) in [5.41, 5.74) is 5.95. The molecule has 0 aromatic carbocycles. The fraction of sp³-hybridized carbons (Fsp3) is 0.923. The van der Waals surface area contributed by atoms with E-state index in [0.717, 1.165) is 19.4 Å². The molecule has 0 bridgehead atoms. The summed E-state index contributed by atoms with van der Waals surface area (Å²) in [5.74, 6) is 0.0624. The molecule has 0 radical (unpaired) electrons. The predicted octanol–water partition coefficient (Wildman–Crippen LogP) is 1.43. The molecule has 0 aromatic rings. The van der Waals surface area contributed by atoms with Crippen LogP contribution in [0.4, 0.5) is 0 Å². The normalized spacial score (nSPS) is 26.2. The van der Waals surface area contributed by atoms with E-state index in [1.54, 1.807) is 0 Å². The first-order valence-corrected chi connectivity index (χ1v) is 6.49. The molecule has 1 atom stereocenters. The highest BCUT2D eigenvalue weighted by Crippen LogP contribution is 2.24. The zero-order valence-electron chi connectivity index (χ0n) is 11.5. The monoisotopic (exact) mass is 242 g/mol. The van der Waals surface area contributed by atoms with Crippen molar-refractivity contribution in [1.82, 2.24) is 5.32 Å². The van der Waals surface area contributed by atoms with Gasteiger partial charge in [-0.05, 0) is 25.2 Å².